The number of benzene rings is 2. The van der Waals surface area contributed by atoms with E-state index >= 15 is 0 Å². The summed E-state index contributed by atoms with van der Waals surface area (Å²) in [5.74, 6) is 0.597. The van der Waals surface area contributed by atoms with Gasteiger partial charge in [-0.15, -0.1) is 0 Å². The van der Waals surface area contributed by atoms with Crippen molar-refractivity contribution in [1.82, 2.24) is 0 Å². The molecule has 0 N–H and O–H groups in total. The Labute approximate surface area is 132 Å². The molecule has 102 valence electrons. The molecule has 0 aromatic heterocycles. The highest BCUT2D eigenvalue weighted by atomic mass is 79.9. The Morgan fingerprint density at radius 1 is 1.15 bits per heavy atom. The number of halogens is 2. The topological polar surface area (TPSA) is 12.4 Å². The van der Waals surface area contributed by atoms with Gasteiger partial charge in [-0.2, -0.15) is 0 Å². The average Bonchev–Trinajstić information content (AvgIpc) is 2.54. The summed E-state index contributed by atoms with van der Waals surface area (Å²) in [4.78, 5) is 4.66. The molecule has 0 bridgehead atoms. The molecule has 0 amide bonds. The zero-order chi connectivity index (χ0) is 14.1. The van der Waals surface area contributed by atoms with Gasteiger partial charge >= 0.3 is 0 Å². The maximum atomic E-state index is 6.53. The lowest BCUT2D eigenvalue weighted by Gasteiger charge is -2.21. The third-order valence-electron chi connectivity index (χ3n) is 3.80. The summed E-state index contributed by atoms with van der Waals surface area (Å²) in [6.45, 7) is 2.24. The summed E-state index contributed by atoms with van der Waals surface area (Å²) in [5, 5.41) is 0.681. The molecule has 2 unspecified atom stereocenters. The van der Waals surface area contributed by atoms with E-state index in [4.69, 9.17) is 11.6 Å². The van der Waals surface area contributed by atoms with Crippen molar-refractivity contribution in [1.29, 1.82) is 0 Å². The average molecular weight is 349 g/mol. The van der Waals surface area contributed by atoms with Gasteiger partial charge in [0.2, 0.25) is 0 Å². The maximum absolute atomic E-state index is 6.53. The lowest BCUT2D eigenvalue weighted by atomic mass is 9.84. The van der Waals surface area contributed by atoms with Crippen LogP contribution in [0.1, 0.15) is 24.0 Å². The summed E-state index contributed by atoms with van der Waals surface area (Å²) in [6.07, 6.45) is 0.988. The molecule has 0 spiro atoms. The monoisotopic (exact) mass is 347 g/mol. The van der Waals surface area contributed by atoms with E-state index in [9.17, 15) is 0 Å². The molecule has 2 atom stereocenters. The van der Waals surface area contributed by atoms with Gasteiger partial charge in [0.1, 0.15) is 5.17 Å². The van der Waals surface area contributed by atoms with Crippen LogP contribution in [-0.2, 0) is 6.42 Å². The fourth-order valence-electron chi connectivity index (χ4n) is 2.82. The van der Waals surface area contributed by atoms with Gasteiger partial charge in [0.05, 0.1) is 5.69 Å². The number of aliphatic imine (C=N–C) groups is 1. The molecule has 2 aromatic rings. The molecule has 0 aliphatic carbocycles. The second-order valence-electron chi connectivity index (χ2n) is 5.28. The van der Waals surface area contributed by atoms with E-state index in [1.165, 1.54) is 11.1 Å². The van der Waals surface area contributed by atoms with E-state index in [-0.39, 0.29) is 5.92 Å². The van der Waals surface area contributed by atoms with Gasteiger partial charge in [-0.05, 0) is 35.6 Å². The van der Waals surface area contributed by atoms with Crippen LogP contribution in [0.4, 0.5) is 5.69 Å². The Bertz CT molecular complexity index is 651. The Morgan fingerprint density at radius 3 is 2.65 bits per heavy atom. The van der Waals surface area contributed by atoms with E-state index in [1.807, 2.05) is 12.1 Å². The summed E-state index contributed by atoms with van der Waals surface area (Å²) in [6, 6.07) is 16.6. The van der Waals surface area contributed by atoms with Crippen LogP contribution in [0.5, 0.6) is 0 Å². The van der Waals surface area contributed by atoms with Crippen LogP contribution in [0.2, 0.25) is 0 Å². The number of fused-ring (bicyclic) bond motifs is 1. The maximum Gasteiger partial charge on any atom is 0.114 e. The molecular weight excluding hydrogens is 334 g/mol. The summed E-state index contributed by atoms with van der Waals surface area (Å²) < 4.78 is 1.04. The minimum atomic E-state index is 0.170. The second kappa shape index (κ2) is 5.71. The van der Waals surface area contributed by atoms with Crippen molar-refractivity contribution in [2.45, 2.75) is 19.3 Å². The zero-order valence-corrected chi connectivity index (χ0v) is 13.5. The molecule has 1 aliphatic rings. The SMILES string of the molecule is CC1Cc2ccc(Br)cc2N=C(Cl)C1c1ccccc1. The van der Waals surface area contributed by atoms with Crippen molar-refractivity contribution >= 4 is 38.4 Å². The number of hydrogen-bond donors (Lipinski definition) is 0. The number of nitrogens with zero attached hydrogens (tertiary/aromatic N) is 1. The Morgan fingerprint density at radius 2 is 1.90 bits per heavy atom. The fourth-order valence-corrected chi connectivity index (χ4v) is 3.61. The van der Waals surface area contributed by atoms with Crippen LogP contribution in [0.25, 0.3) is 0 Å². The Balaban J connectivity index is 2.07. The Hall–Kier alpha value is -1.12. The molecule has 20 heavy (non-hydrogen) atoms. The predicted octanol–water partition coefficient (Wildman–Crippen LogP) is 5.69. The standard InChI is InChI=1S/C17H15BrClN/c1-11-9-13-7-8-14(18)10-15(13)20-17(19)16(11)12-5-3-2-4-6-12/h2-8,10-11,16H,9H2,1H3. The van der Waals surface area contributed by atoms with Crippen LogP contribution in [0.3, 0.4) is 0 Å². The molecular formula is C17H15BrClN. The van der Waals surface area contributed by atoms with Crippen LogP contribution in [0, 0.1) is 5.92 Å². The van der Waals surface area contributed by atoms with Crippen molar-refractivity contribution in [2.24, 2.45) is 10.9 Å². The summed E-state index contributed by atoms with van der Waals surface area (Å²) >= 11 is 10.0. The Kier molecular flexibility index (Phi) is 3.95. The van der Waals surface area contributed by atoms with E-state index in [0.717, 1.165) is 16.6 Å². The van der Waals surface area contributed by atoms with Crippen LogP contribution in [-0.4, -0.2) is 5.17 Å². The first-order valence-electron chi connectivity index (χ1n) is 6.72. The summed E-state index contributed by atoms with van der Waals surface area (Å²) in [5.41, 5.74) is 3.48. The van der Waals surface area contributed by atoms with Gasteiger partial charge < -0.3 is 0 Å². The summed E-state index contributed by atoms with van der Waals surface area (Å²) in [7, 11) is 0. The first kappa shape index (κ1) is 13.8. The normalized spacial score (nSPS) is 21.9. The quantitative estimate of drug-likeness (QED) is 0.627. The van der Waals surface area contributed by atoms with Gasteiger partial charge in [-0.3, -0.25) is 0 Å². The first-order valence-corrected chi connectivity index (χ1v) is 7.89. The molecule has 0 radical (unpaired) electrons. The number of rotatable bonds is 1. The van der Waals surface area contributed by atoms with Gasteiger partial charge in [0, 0.05) is 10.4 Å². The van der Waals surface area contributed by atoms with Crippen LogP contribution >= 0.6 is 27.5 Å². The number of hydrogen-bond acceptors (Lipinski definition) is 1. The molecule has 3 heteroatoms. The predicted molar refractivity (Wildman–Crippen MR) is 89.1 cm³/mol. The smallest absolute Gasteiger partial charge is 0.114 e. The molecule has 0 fully saturated rings. The zero-order valence-electron chi connectivity index (χ0n) is 11.2. The van der Waals surface area contributed by atoms with Gasteiger partial charge in [-0.25, -0.2) is 4.99 Å². The molecule has 2 aromatic carbocycles. The van der Waals surface area contributed by atoms with E-state index in [0.29, 0.717) is 11.1 Å². The highest BCUT2D eigenvalue weighted by molar-refractivity contribution is 9.10. The molecule has 3 rings (SSSR count). The highest BCUT2D eigenvalue weighted by Crippen LogP contribution is 2.38. The minimum Gasteiger partial charge on any atom is -0.240 e. The lowest BCUT2D eigenvalue weighted by molar-refractivity contribution is 0.550. The third kappa shape index (κ3) is 2.68. The van der Waals surface area contributed by atoms with E-state index in [1.54, 1.807) is 0 Å². The molecule has 0 saturated carbocycles. The van der Waals surface area contributed by atoms with Crippen LogP contribution < -0.4 is 0 Å². The van der Waals surface area contributed by atoms with Gasteiger partial charge in [0.15, 0.2) is 0 Å². The van der Waals surface area contributed by atoms with E-state index in [2.05, 4.69) is 64.2 Å². The lowest BCUT2D eigenvalue weighted by Crippen LogP contribution is -2.16. The minimum absolute atomic E-state index is 0.170. The van der Waals surface area contributed by atoms with Crippen LogP contribution in [0.15, 0.2) is 58.0 Å². The molecule has 1 nitrogen and oxygen atoms in total. The highest BCUT2D eigenvalue weighted by Gasteiger charge is 2.27. The second-order valence-corrected chi connectivity index (χ2v) is 6.58. The molecule has 1 aliphatic heterocycles. The van der Waals surface area contributed by atoms with E-state index < -0.39 is 0 Å². The molecule has 0 saturated heterocycles. The van der Waals surface area contributed by atoms with Gasteiger partial charge in [0.25, 0.3) is 0 Å². The van der Waals surface area contributed by atoms with Crippen molar-refractivity contribution < 1.29 is 0 Å². The first-order chi connectivity index (χ1) is 9.65. The fraction of sp³-hybridized carbons (Fsp3) is 0.235. The van der Waals surface area contributed by atoms with Crippen molar-refractivity contribution in [3.8, 4) is 0 Å². The van der Waals surface area contributed by atoms with Crippen molar-refractivity contribution in [3.05, 3.63) is 64.1 Å². The van der Waals surface area contributed by atoms with Crippen molar-refractivity contribution in [3.63, 3.8) is 0 Å². The molecule has 1 heterocycles. The third-order valence-corrected chi connectivity index (χ3v) is 4.61. The van der Waals surface area contributed by atoms with Crippen molar-refractivity contribution in [2.75, 3.05) is 0 Å². The largest absolute Gasteiger partial charge is 0.240 e. The van der Waals surface area contributed by atoms with Gasteiger partial charge in [-0.1, -0.05) is 70.9 Å².